The van der Waals surface area contributed by atoms with E-state index in [-0.39, 0.29) is 42.9 Å². The van der Waals surface area contributed by atoms with Crippen molar-refractivity contribution in [2.75, 3.05) is 19.3 Å². The van der Waals surface area contributed by atoms with Crippen molar-refractivity contribution in [3.05, 3.63) is 35.9 Å². The normalized spacial score (nSPS) is 33.2. The summed E-state index contributed by atoms with van der Waals surface area (Å²) >= 11 is 0. The van der Waals surface area contributed by atoms with Gasteiger partial charge in [-0.25, -0.2) is 8.78 Å². The number of halogens is 2. The molecule has 1 heterocycles. The number of nitrogens with zero attached hydrogens (tertiary/aromatic N) is 1. The van der Waals surface area contributed by atoms with E-state index in [4.69, 9.17) is 5.73 Å². The van der Waals surface area contributed by atoms with Crippen LogP contribution in [0.4, 0.5) is 13.6 Å². The Bertz CT molecular complexity index is 759. The molecule has 0 spiro atoms. The van der Waals surface area contributed by atoms with Crippen molar-refractivity contribution in [3.63, 3.8) is 0 Å². The Balaban J connectivity index is 1.77. The molecule has 2 aliphatic rings. The average molecular weight is 467 g/mol. The first-order chi connectivity index (χ1) is 15.1. The van der Waals surface area contributed by atoms with E-state index < -0.39 is 12.3 Å². The van der Waals surface area contributed by atoms with Crippen LogP contribution in [-0.2, 0) is 5.41 Å². The molecule has 2 fully saturated rings. The van der Waals surface area contributed by atoms with Gasteiger partial charge in [-0.1, -0.05) is 64.4 Å². The molecule has 180 valence electrons. The fraction of sp³-hybridized carbons (Fsp3) is 0.731. The monoisotopic (exact) mass is 466 g/mol. The van der Waals surface area contributed by atoms with Crippen LogP contribution in [-0.4, -0.2) is 42.3 Å². The van der Waals surface area contributed by atoms with Crippen LogP contribution in [0.3, 0.4) is 0 Å². The number of piperidine rings is 1. The third-order valence-corrected chi connectivity index (χ3v) is 9.43. The standard InChI is InChI=1S/C26H41F2N2OP/c1-5-12-26(20-9-7-6-8-10-20)14-18(2)22(23(27)28)19(15-26)16-32-24(31)30-13-11-21(29)25(3,4)17-30/h6-10,18-19,21-23,32H,5,11-17,29H2,1-4H3. The Morgan fingerprint density at radius 2 is 1.94 bits per heavy atom. The Labute approximate surface area is 194 Å². The first-order valence-corrected chi connectivity index (χ1v) is 13.4. The Morgan fingerprint density at radius 3 is 2.53 bits per heavy atom. The van der Waals surface area contributed by atoms with Crippen molar-refractivity contribution in [2.24, 2.45) is 28.9 Å². The van der Waals surface area contributed by atoms with E-state index in [0.717, 1.165) is 32.1 Å². The number of amides is 1. The molecule has 6 unspecified atom stereocenters. The topological polar surface area (TPSA) is 46.3 Å². The van der Waals surface area contributed by atoms with Gasteiger partial charge in [0.15, 0.2) is 0 Å². The van der Waals surface area contributed by atoms with Gasteiger partial charge in [-0.15, -0.1) is 0 Å². The van der Waals surface area contributed by atoms with Crippen LogP contribution >= 0.6 is 8.58 Å². The molecule has 0 radical (unpaired) electrons. The van der Waals surface area contributed by atoms with Crippen LogP contribution in [0, 0.1) is 23.2 Å². The third-order valence-electron chi connectivity index (χ3n) is 8.09. The molecule has 32 heavy (non-hydrogen) atoms. The summed E-state index contributed by atoms with van der Waals surface area (Å²) in [6, 6.07) is 10.5. The van der Waals surface area contributed by atoms with Crippen LogP contribution in [0.5, 0.6) is 0 Å². The minimum absolute atomic E-state index is 0.0530. The number of likely N-dealkylation sites (tertiary alicyclic amines) is 1. The van der Waals surface area contributed by atoms with Gasteiger partial charge in [0.05, 0.1) is 0 Å². The second-order valence-electron chi connectivity index (χ2n) is 10.9. The minimum Gasteiger partial charge on any atom is -0.339 e. The van der Waals surface area contributed by atoms with Gasteiger partial charge in [-0.3, -0.25) is 4.79 Å². The maximum absolute atomic E-state index is 14.2. The van der Waals surface area contributed by atoms with Crippen molar-refractivity contribution >= 4 is 14.2 Å². The quantitative estimate of drug-likeness (QED) is 0.466. The first-order valence-electron chi connectivity index (χ1n) is 12.2. The Kier molecular flexibility index (Phi) is 8.36. The smallest absolute Gasteiger partial charge is 0.241 e. The van der Waals surface area contributed by atoms with E-state index in [1.807, 2.05) is 17.9 Å². The predicted molar refractivity (Wildman–Crippen MR) is 131 cm³/mol. The molecule has 1 aliphatic carbocycles. The molecule has 3 rings (SSSR count). The Morgan fingerprint density at radius 1 is 1.25 bits per heavy atom. The second-order valence-corrected chi connectivity index (χ2v) is 12.1. The van der Waals surface area contributed by atoms with E-state index in [1.54, 1.807) is 0 Å². The van der Waals surface area contributed by atoms with Crippen molar-refractivity contribution in [3.8, 4) is 0 Å². The number of rotatable bonds is 7. The van der Waals surface area contributed by atoms with E-state index in [9.17, 15) is 13.6 Å². The van der Waals surface area contributed by atoms with Crippen LogP contribution in [0.15, 0.2) is 30.3 Å². The number of nitrogens with two attached hydrogens (primary N) is 1. The molecule has 0 aromatic heterocycles. The van der Waals surface area contributed by atoms with Gasteiger partial charge in [0, 0.05) is 25.0 Å². The second kappa shape index (κ2) is 10.5. The van der Waals surface area contributed by atoms with Gasteiger partial charge in [0.2, 0.25) is 12.1 Å². The number of hydrogen-bond donors (Lipinski definition) is 1. The van der Waals surface area contributed by atoms with Gasteiger partial charge in [0.25, 0.3) is 0 Å². The number of hydrogen-bond acceptors (Lipinski definition) is 2. The fourth-order valence-corrected chi connectivity index (χ4v) is 7.60. The summed E-state index contributed by atoms with van der Waals surface area (Å²) in [4.78, 5) is 15.0. The number of carbonyl (C=O) groups is 1. The summed E-state index contributed by atoms with van der Waals surface area (Å²) in [6.45, 7) is 9.72. The average Bonchev–Trinajstić information content (AvgIpc) is 2.74. The summed E-state index contributed by atoms with van der Waals surface area (Å²) in [5.41, 5.74) is 7.45. The largest absolute Gasteiger partial charge is 0.339 e. The zero-order chi connectivity index (χ0) is 23.5. The summed E-state index contributed by atoms with van der Waals surface area (Å²) in [5.74, 6) is -0.824. The van der Waals surface area contributed by atoms with Crippen molar-refractivity contribution in [1.82, 2.24) is 4.90 Å². The fourth-order valence-electron chi connectivity index (χ4n) is 6.33. The molecule has 6 heteroatoms. The maximum Gasteiger partial charge on any atom is 0.241 e. The number of carbonyl (C=O) groups excluding carboxylic acids is 1. The zero-order valence-corrected chi connectivity index (χ0v) is 21.1. The van der Waals surface area contributed by atoms with E-state index >= 15 is 0 Å². The van der Waals surface area contributed by atoms with Crippen LogP contribution in [0.2, 0.25) is 0 Å². The molecule has 0 bridgehead atoms. The lowest BCUT2D eigenvalue weighted by molar-refractivity contribution is -0.0268. The van der Waals surface area contributed by atoms with Gasteiger partial charge in [-0.2, -0.15) is 0 Å². The molecule has 1 aliphatic heterocycles. The van der Waals surface area contributed by atoms with Crippen LogP contribution in [0.25, 0.3) is 0 Å². The summed E-state index contributed by atoms with van der Waals surface area (Å²) < 4.78 is 28.4. The highest BCUT2D eigenvalue weighted by molar-refractivity contribution is 7.57. The highest BCUT2D eigenvalue weighted by Crippen LogP contribution is 2.52. The lowest BCUT2D eigenvalue weighted by Crippen LogP contribution is -2.53. The highest BCUT2D eigenvalue weighted by atomic mass is 31.1. The summed E-state index contributed by atoms with van der Waals surface area (Å²) in [5, 5.41) is 0. The van der Waals surface area contributed by atoms with Gasteiger partial charge < -0.3 is 10.6 Å². The summed E-state index contributed by atoms with van der Waals surface area (Å²) in [6.07, 6.45) is 2.61. The molecule has 1 saturated heterocycles. The van der Waals surface area contributed by atoms with E-state index in [2.05, 4.69) is 45.0 Å². The van der Waals surface area contributed by atoms with Gasteiger partial charge in [0.1, 0.15) is 0 Å². The lowest BCUT2D eigenvalue weighted by atomic mass is 9.57. The van der Waals surface area contributed by atoms with Gasteiger partial charge in [-0.05, 0) is 68.7 Å². The van der Waals surface area contributed by atoms with Crippen molar-refractivity contribution < 1.29 is 13.6 Å². The lowest BCUT2D eigenvalue weighted by Gasteiger charge is -2.49. The van der Waals surface area contributed by atoms with Crippen molar-refractivity contribution in [2.45, 2.75) is 77.7 Å². The van der Waals surface area contributed by atoms with Gasteiger partial charge >= 0.3 is 0 Å². The zero-order valence-electron chi connectivity index (χ0n) is 20.1. The molecule has 1 aromatic rings. The van der Waals surface area contributed by atoms with Crippen LogP contribution in [0.1, 0.15) is 65.4 Å². The molecular weight excluding hydrogens is 425 g/mol. The van der Waals surface area contributed by atoms with E-state index in [0.29, 0.717) is 19.3 Å². The molecule has 1 amide bonds. The Hall–Kier alpha value is -1.06. The maximum atomic E-state index is 14.2. The molecule has 6 atom stereocenters. The molecular formula is C26H41F2N2OP. The number of alkyl halides is 2. The minimum atomic E-state index is -2.34. The molecule has 2 N–H and O–H groups in total. The molecule has 1 saturated carbocycles. The van der Waals surface area contributed by atoms with E-state index in [1.165, 1.54) is 5.56 Å². The highest BCUT2D eigenvalue weighted by Gasteiger charge is 2.48. The molecule has 3 nitrogen and oxygen atoms in total. The SMILES string of the molecule is CCCC1(c2ccccc2)CC(C)C(C(F)F)C(CPC(=O)N2CCC(N)C(C)(C)C2)C1. The predicted octanol–water partition coefficient (Wildman–Crippen LogP) is 6.51. The third kappa shape index (κ3) is 5.53. The van der Waals surface area contributed by atoms with Crippen molar-refractivity contribution in [1.29, 1.82) is 0 Å². The number of benzene rings is 1. The van der Waals surface area contributed by atoms with Crippen LogP contribution < -0.4 is 5.73 Å². The first kappa shape index (κ1) is 25.6. The molecule has 1 aromatic carbocycles. The summed E-state index contributed by atoms with van der Waals surface area (Å²) in [7, 11) is 0.0530.